The van der Waals surface area contributed by atoms with Gasteiger partial charge in [0.15, 0.2) is 0 Å². The van der Waals surface area contributed by atoms with Crippen molar-refractivity contribution in [1.29, 1.82) is 0 Å². The summed E-state index contributed by atoms with van der Waals surface area (Å²) in [5, 5.41) is 11.0. The zero-order chi connectivity index (χ0) is 14.8. The van der Waals surface area contributed by atoms with Gasteiger partial charge in [-0.2, -0.15) is 0 Å². The van der Waals surface area contributed by atoms with Gasteiger partial charge in [-0.15, -0.1) is 0 Å². The van der Waals surface area contributed by atoms with Gasteiger partial charge in [0, 0.05) is 11.4 Å². The molecule has 2 unspecified atom stereocenters. The van der Waals surface area contributed by atoms with Crippen molar-refractivity contribution < 1.29 is 14.3 Å². The highest BCUT2D eigenvalue weighted by Gasteiger charge is 2.26. The molecule has 0 amide bonds. The molecule has 1 fully saturated rings. The summed E-state index contributed by atoms with van der Waals surface area (Å²) >= 11 is 0. The van der Waals surface area contributed by atoms with Crippen molar-refractivity contribution in [3.05, 3.63) is 30.0 Å². The standard InChI is InChI=1S/C17H23NO3/c1-12(19)16-5-3-4-8-18(16)11-15-10-13-9-14(20-2)6-7-17(13)21-15/h6-7,9-10,12,16,19H,3-5,8,11H2,1-2H3. The first-order valence-corrected chi connectivity index (χ1v) is 7.66. The first kappa shape index (κ1) is 14.4. The van der Waals surface area contributed by atoms with E-state index in [1.165, 1.54) is 12.8 Å². The second-order valence-electron chi connectivity index (χ2n) is 5.89. The van der Waals surface area contributed by atoms with Crippen LogP contribution in [-0.2, 0) is 6.54 Å². The molecular formula is C17H23NO3. The maximum absolute atomic E-state index is 9.94. The van der Waals surface area contributed by atoms with Crippen molar-refractivity contribution in [3.8, 4) is 5.75 Å². The summed E-state index contributed by atoms with van der Waals surface area (Å²) in [5.41, 5.74) is 0.886. The fourth-order valence-electron chi connectivity index (χ4n) is 3.24. The third-order valence-electron chi connectivity index (χ3n) is 4.35. The number of hydrogen-bond donors (Lipinski definition) is 1. The quantitative estimate of drug-likeness (QED) is 0.939. The molecule has 114 valence electrons. The van der Waals surface area contributed by atoms with E-state index in [9.17, 15) is 5.11 Å². The number of aliphatic hydroxyl groups is 1. The van der Waals surface area contributed by atoms with Crippen LogP contribution >= 0.6 is 0 Å². The highest BCUT2D eigenvalue weighted by molar-refractivity contribution is 5.79. The van der Waals surface area contributed by atoms with Gasteiger partial charge >= 0.3 is 0 Å². The minimum atomic E-state index is -0.297. The molecule has 21 heavy (non-hydrogen) atoms. The van der Waals surface area contributed by atoms with Gasteiger partial charge in [-0.05, 0) is 50.6 Å². The molecule has 0 radical (unpaired) electrons. The summed E-state index contributed by atoms with van der Waals surface area (Å²) in [6, 6.07) is 8.16. The largest absolute Gasteiger partial charge is 0.497 e. The summed E-state index contributed by atoms with van der Waals surface area (Å²) in [6.07, 6.45) is 3.15. The predicted octanol–water partition coefficient (Wildman–Crippen LogP) is 3.18. The summed E-state index contributed by atoms with van der Waals surface area (Å²) in [5.74, 6) is 1.79. The number of ether oxygens (including phenoxy) is 1. The maximum Gasteiger partial charge on any atom is 0.134 e. The fourth-order valence-corrected chi connectivity index (χ4v) is 3.24. The average Bonchev–Trinajstić information content (AvgIpc) is 2.88. The highest BCUT2D eigenvalue weighted by Crippen LogP contribution is 2.27. The van der Waals surface area contributed by atoms with E-state index >= 15 is 0 Å². The molecule has 0 spiro atoms. The first-order valence-electron chi connectivity index (χ1n) is 7.66. The molecule has 1 N–H and O–H groups in total. The number of furan rings is 1. The van der Waals surface area contributed by atoms with Crippen LogP contribution < -0.4 is 4.74 Å². The van der Waals surface area contributed by atoms with Crippen molar-refractivity contribution in [3.63, 3.8) is 0 Å². The van der Waals surface area contributed by atoms with Crippen molar-refractivity contribution >= 4 is 11.0 Å². The number of hydrogen-bond acceptors (Lipinski definition) is 4. The lowest BCUT2D eigenvalue weighted by Crippen LogP contribution is -2.45. The Morgan fingerprint density at radius 3 is 3.00 bits per heavy atom. The fraction of sp³-hybridized carbons (Fsp3) is 0.529. The van der Waals surface area contributed by atoms with E-state index in [-0.39, 0.29) is 12.1 Å². The van der Waals surface area contributed by atoms with Gasteiger partial charge in [-0.25, -0.2) is 0 Å². The van der Waals surface area contributed by atoms with Crippen LogP contribution in [0.5, 0.6) is 5.75 Å². The molecule has 0 aliphatic carbocycles. The number of fused-ring (bicyclic) bond motifs is 1. The summed E-state index contributed by atoms with van der Waals surface area (Å²) < 4.78 is 11.2. The van der Waals surface area contributed by atoms with E-state index in [1.54, 1.807) is 7.11 Å². The molecule has 1 aromatic heterocycles. The normalized spacial score (nSPS) is 21.6. The van der Waals surface area contributed by atoms with Gasteiger partial charge in [-0.3, -0.25) is 4.90 Å². The van der Waals surface area contributed by atoms with Gasteiger partial charge in [-0.1, -0.05) is 6.42 Å². The second kappa shape index (κ2) is 6.08. The van der Waals surface area contributed by atoms with Crippen molar-refractivity contribution in [2.75, 3.05) is 13.7 Å². The molecule has 1 aliphatic heterocycles. The van der Waals surface area contributed by atoms with Crippen LogP contribution in [0.1, 0.15) is 31.9 Å². The van der Waals surface area contributed by atoms with Crippen LogP contribution in [0.3, 0.4) is 0 Å². The van der Waals surface area contributed by atoms with Crippen molar-refractivity contribution in [2.45, 2.75) is 44.9 Å². The Hall–Kier alpha value is -1.52. The van der Waals surface area contributed by atoms with E-state index in [0.717, 1.165) is 42.0 Å². The van der Waals surface area contributed by atoms with Gasteiger partial charge in [0.2, 0.25) is 0 Å². The van der Waals surface area contributed by atoms with Crippen LogP contribution in [-0.4, -0.2) is 35.8 Å². The Labute approximate surface area is 125 Å². The average molecular weight is 289 g/mol. The smallest absolute Gasteiger partial charge is 0.134 e. The molecular weight excluding hydrogens is 266 g/mol. The molecule has 2 atom stereocenters. The predicted molar refractivity (Wildman–Crippen MR) is 82.5 cm³/mol. The molecule has 1 aliphatic rings. The van der Waals surface area contributed by atoms with E-state index in [2.05, 4.69) is 11.0 Å². The molecule has 1 saturated heterocycles. The third-order valence-corrected chi connectivity index (χ3v) is 4.35. The Morgan fingerprint density at radius 2 is 2.24 bits per heavy atom. The maximum atomic E-state index is 9.94. The SMILES string of the molecule is COc1ccc2oc(CN3CCCCC3C(C)O)cc2c1. The van der Waals surface area contributed by atoms with E-state index in [0.29, 0.717) is 0 Å². The van der Waals surface area contributed by atoms with Crippen LogP contribution in [0.2, 0.25) is 0 Å². The zero-order valence-corrected chi connectivity index (χ0v) is 12.7. The number of piperidine rings is 1. The molecule has 0 saturated carbocycles. The number of rotatable bonds is 4. The van der Waals surface area contributed by atoms with Crippen LogP contribution in [0.4, 0.5) is 0 Å². The van der Waals surface area contributed by atoms with Gasteiger partial charge in [0.05, 0.1) is 19.8 Å². The number of aliphatic hydroxyl groups excluding tert-OH is 1. The summed E-state index contributed by atoms with van der Waals surface area (Å²) in [6.45, 7) is 3.66. The lowest BCUT2D eigenvalue weighted by atomic mass is 9.98. The van der Waals surface area contributed by atoms with Crippen molar-refractivity contribution in [2.24, 2.45) is 0 Å². The van der Waals surface area contributed by atoms with Crippen LogP contribution in [0.25, 0.3) is 11.0 Å². The molecule has 2 heterocycles. The molecule has 1 aromatic carbocycles. The second-order valence-corrected chi connectivity index (χ2v) is 5.89. The van der Waals surface area contributed by atoms with Gasteiger partial charge in [0.1, 0.15) is 17.1 Å². The number of benzene rings is 1. The number of methoxy groups -OCH3 is 1. The Balaban J connectivity index is 1.80. The minimum Gasteiger partial charge on any atom is -0.497 e. The highest BCUT2D eigenvalue weighted by atomic mass is 16.5. The number of nitrogens with zero attached hydrogens (tertiary/aromatic N) is 1. The van der Waals surface area contributed by atoms with E-state index < -0.39 is 0 Å². The van der Waals surface area contributed by atoms with Gasteiger partial charge < -0.3 is 14.3 Å². The Morgan fingerprint density at radius 1 is 1.38 bits per heavy atom. The molecule has 0 bridgehead atoms. The summed E-state index contributed by atoms with van der Waals surface area (Å²) in [7, 11) is 1.67. The third kappa shape index (κ3) is 3.06. The lowest BCUT2D eigenvalue weighted by Gasteiger charge is -2.36. The lowest BCUT2D eigenvalue weighted by molar-refractivity contribution is 0.0283. The summed E-state index contributed by atoms with van der Waals surface area (Å²) in [4.78, 5) is 2.34. The molecule has 4 heteroatoms. The Kier molecular flexibility index (Phi) is 4.17. The molecule has 2 aromatic rings. The van der Waals surface area contributed by atoms with E-state index in [1.807, 2.05) is 25.1 Å². The molecule has 3 rings (SSSR count). The topological polar surface area (TPSA) is 45.8 Å². The Bertz CT molecular complexity index is 605. The minimum absolute atomic E-state index is 0.237. The van der Waals surface area contributed by atoms with Crippen molar-refractivity contribution in [1.82, 2.24) is 4.90 Å². The molecule has 4 nitrogen and oxygen atoms in total. The van der Waals surface area contributed by atoms with Crippen LogP contribution in [0.15, 0.2) is 28.7 Å². The number of likely N-dealkylation sites (tertiary alicyclic amines) is 1. The monoisotopic (exact) mass is 289 g/mol. The zero-order valence-electron chi connectivity index (χ0n) is 12.7. The van der Waals surface area contributed by atoms with E-state index in [4.69, 9.17) is 9.15 Å². The van der Waals surface area contributed by atoms with Crippen LogP contribution in [0, 0.1) is 0 Å². The first-order chi connectivity index (χ1) is 10.2. The van der Waals surface area contributed by atoms with Gasteiger partial charge in [0.25, 0.3) is 0 Å².